The van der Waals surface area contributed by atoms with Crippen LogP contribution in [0.25, 0.3) is 0 Å². The van der Waals surface area contributed by atoms with Crippen LogP contribution in [-0.2, 0) is 4.79 Å². The first-order valence-electron chi connectivity index (χ1n) is 8.95. The summed E-state index contributed by atoms with van der Waals surface area (Å²) in [6.07, 6.45) is 12.4. The zero-order valence-corrected chi connectivity index (χ0v) is 14.5. The highest BCUT2D eigenvalue weighted by Gasteiger charge is 2.05. The van der Waals surface area contributed by atoms with Crippen molar-refractivity contribution in [3.05, 3.63) is 12.7 Å². The maximum Gasteiger partial charge on any atom is 0.220 e. The fraction of sp³-hybridized carbons (Fsp3) is 0.833. The largest absolute Gasteiger partial charge is 0.396 e. The summed E-state index contributed by atoms with van der Waals surface area (Å²) in [6, 6.07) is 0. The van der Waals surface area contributed by atoms with Gasteiger partial charge in [0.1, 0.15) is 0 Å². The van der Waals surface area contributed by atoms with Crippen LogP contribution in [0.1, 0.15) is 71.1 Å². The summed E-state index contributed by atoms with van der Waals surface area (Å²) in [7, 11) is 0. The van der Waals surface area contributed by atoms with Crippen LogP contribution in [0.4, 0.5) is 0 Å². The number of unbranched alkanes of at least 4 members (excludes halogenated alkanes) is 7. The molecule has 0 atom stereocenters. The van der Waals surface area contributed by atoms with Crippen molar-refractivity contribution in [3.63, 3.8) is 0 Å². The van der Waals surface area contributed by atoms with Crippen molar-refractivity contribution in [3.8, 4) is 0 Å². The fourth-order valence-electron chi connectivity index (χ4n) is 2.37. The van der Waals surface area contributed by atoms with Gasteiger partial charge < -0.3 is 10.4 Å². The van der Waals surface area contributed by atoms with Crippen molar-refractivity contribution in [2.24, 2.45) is 0 Å². The van der Waals surface area contributed by atoms with Gasteiger partial charge in [-0.3, -0.25) is 9.69 Å². The molecule has 0 bridgehead atoms. The van der Waals surface area contributed by atoms with E-state index in [9.17, 15) is 4.79 Å². The number of amides is 1. The average molecular weight is 312 g/mol. The van der Waals surface area contributed by atoms with Gasteiger partial charge in [0.15, 0.2) is 0 Å². The summed E-state index contributed by atoms with van der Waals surface area (Å²) in [6.45, 7) is 8.83. The molecule has 0 saturated carbocycles. The molecular formula is C18H36N2O2. The molecule has 0 heterocycles. The summed E-state index contributed by atoms with van der Waals surface area (Å²) in [5.74, 6) is 0.159. The smallest absolute Gasteiger partial charge is 0.220 e. The number of carbonyl (C=O) groups is 1. The maximum atomic E-state index is 11.7. The van der Waals surface area contributed by atoms with Crippen LogP contribution in [0.5, 0.6) is 0 Å². The lowest BCUT2D eigenvalue weighted by Gasteiger charge is -2.20. The molecule has 0 aromatic carbocycles. The third kappa shape index (κ3) is 14.1. The van der Waals surface area contributed by atoms with E-state index in [0.29, 0.717) is 19.7 Å². The van der Waals surface area contributed by atoms with Crippen LogP contribution >= 0.6 is 0 Å². The topological polar surface area (TPSA) is 52.6 Å². The number of aliphatic hydroxyl groups is 1. The molecule has 0 aromatic heterocycles. The van der Waals surface area contributed by atoms with Gasteiger partial charge in [0.2, 0.25) is 5.91 Å². The van der Waals surface area contributed by atoms with Gasteiger partial charge in [-0.1, -0.05) is 38.7 Å². The summed E-state index contributed by atoms with van der Waals surface area (Å²) < 4.78 is 0. The van der Waals surface area contributed by atoms with E-state index >= 15 is 0 Å². The molecule has 2 N–H and O–H groups in total. The first-order chi connectivity index (χ1) is 10.7. The van der Waals surface area contributed by atoms with Crippen molar-refractivity contribution in [1.29, 1.82) is 0 Å². The molecule has 0 aliphatic rings. The minimum absolute atomic E-state index is 0.159. The second-order valence-corrected chi connectivity index (χ2v) is 5.85. The molecule has 0 aliphatic heterocycles. The molecule has 0 radical (unpaired) electrons. The number of hydrogen-bond acceptors (Lipinski definition) is 3. The molecular weight excluding hydrogens is 276 g/mol. The van der Waals surface area contributed by atoms with Gasteiger partial charge in [0, 0.05) is 13.0 Å². The molecule has 0 rings (SSSR count). The molecule has 1 amide bonds. The van der Waals surface area contributed by atoms with Gasteiger partial charge in [-0.15, -0.1) is 6.58 Å². The Morgan fingerprint density at radius 1 is 1.09 bits per heavy atom. The lowest BCUT2D eigenvalue weighted by molar-refractivity contribution is -0.121. The zero-order chi connectivity index (χ0) is 16.5. The third-order valence-corrected chi connectivity index (χ3v) is 3.89. The molecule has 22 heavy (non-hydrogen) atoms. The molecule has 130 valence electrons. The van der Waals surface area contributed by atoms with Crippen LogP contribution in [0.2, 0.25) is 0 Å². The molecule has 0 aliphatic carbocycles. The number of rotatable bonds is 16. The number of hydrogen-bond donors (Lipinski definition) is 2. The number of aliphatic hydroxyl groups excluding tert-OH is 1. The van der Waals surface area contributed by atoms with Crippen LogP contribution in [0, 0.1) is 0 Å². The summed E-state index contributed by atoms with van der Waals surface area (Å²) in [5.41, 5.74) is 0. The maximum absolute atomic E-state index is 11.7. The molecule has 0 unspecified atom stereocenters. The Kier molecular flexibility index (Phi) is 15.8. The Morgan fingerprint density at radius 3 is 2.41 bits per heavy atom. The number of nitrogens with zero attached hydrogens (tertiary/aromatic N) is 1. The Morgan fingerprint density at radius 2 is 1.77 bits per heavy atom. The predicted octanol–water partition coefficient (Wildman–Crippen LogP) is 3.46. The lowest BCUT2D eigenvalue weighted by Crippen LogP contribution is -2.38. The lowest BCUT2D eigenvalue weighted by atomic mass is 10.1. The van der Waals surface area contributed by atoms with Crippen molar-refractivity contribution in [2.45, 2.75) is 71.1 Å². The Bertz CT molecular complexity index is 270. The standard InChI is InChI=1S/C18H36N2O2/c1-3-5-6-11-14-18(22)19-17-20(4-2)15-12-9-7-8-10-13-16-21/h3,21H,1,4-17H2,2H3,(H,19,22). The van der Waals surface area contributed by atoms with Crippen LogP contribution < -0.4 is 5.32 Å². The quantitative estimate of drug-likeness (QED) is 0.261. The minimum atomic E-state index is 0.159. The van der Waals surface area contributed by atoms with Crippen molar-refractivity contribution in [2.75, 3.05) is 26.4 Å². The van der Waals surface area contributed by atoms with Crippen LogP contribution in [0.15, 0.2) is 12.7 Å². The molecule has 0 saturated heterocycles. The molecule has 4 heteroatoms. The highest BCUT2D eigenvalue weighted by molar-refractivity contribution is 5.75. The number of allylic oxidation sites excluding steroid dienone is 1. The third-order valence-electron chi connectivity index (χ3n) is 3.89. The first kappa shape index (κ1) is 21.1. The second kappa shape index (κ2) is 16.5. The van der Waals surface area contributed by atoms with E-state index in [1.54, 1.807) is 0 Å². The van der Waals surface area contributed by atoms with Gasteiger partial charge in [0.25, 0.3) is 0 Å². The molecule has 0 fully saturated rings. The summed E-state index contributed by atoms with van der Waals surface area (Å²) >= 11 is 0. The Balaban J connectivity index is 3.53. The SMILES string of the molecule is C=CCCCCC(=O)NCN(CC)CCCCCCCCO. The normalized spacial score (nSPS) is 10.9. The van der Waals surface area contributed by atoms with E-state index in [1.807, 2.05) is 6.08 Å². The summed E-state index contributed by atoms with van der Waals surface area (Å²) in [5, 5.41) is 11.7. The highest BCUT2D eigenvalue weighted by Crippen LogP contribution is 2.06. The van der Waals surface area contributed by atoms with E-state index in [2.05, 4.69) is 23.7 Å². The van der Waals surface area contributed by atoms with E-state index < -0.39 is 0 Å². The van der Waals surface area contributed by atoms with Gasteiger partial charge in [-0.2, -0.15) is 0 Å². The zero-order valence-electron chi connectivity index (χ0n) is 14.5. The fourth-order valence-corrected chi connectivity index (χ4v) is 2.37. The van der Waals surface area contributed by atoms with E-state index in [1.165, 1.54) is 25.7 Å². The van der Waals surface area contributed by atoms with E-state index in [0.717, 1.165) is 45.2 Å². The summed E-state index contributed by atoms with van der Waals surface area (Å²) in [4.78, 5) is 14.0. The minimum Gasteiger partial charge on any atom is -0.396 e. The Labute approximate surface area is 137 Å². The molecule has 0 aromatic rings. The van der Waals surface area contributed by atoms with Gasteiger partial charge >= 0.3 is 0 Å². The number of nitrogens with one attached hydrogen (secondary N) is 1. The monoisotopic (exact) mass is 312 g/mol. The Hall–Kier alpha value is -0.870. The average Bonchev–Trinajstić information content (AvgIpc) is 2.53. The number of carbonyl (C=O) groups excluding carboxylic acids is 1. The van der Waals surface area contributed by atoms with Crippen LogP contribution in [-0.4, -0.2) is 42.3 Å². The van der Waals surface area contributed by atoms with Crippen molar-refractivity contribution in [1.82, 2.24) is 10.2 Å². The van der Waals surface area contributed by atoms with Gasteiger partial charge in [-0.25, -0.2) is 0 Å². The molecule has 0 spiro atoms. The van der Waals surface area contributed by atoms with Crippen LogP contribution in [0.3, 0.4) is 0 Å². The van der Waals surface area contributed by atoms with Gasteiger partial charge in [0.05, 0.1) is 6.67 Å². The van der Waals surface area contributed by atoms with E-state index in [-0.39, 0.29) is 5.91 Å². The second-order valence-electron chi connectivity index (χ2n) is 5.85. The van der Waals surface area contributed by atoms with Crippen molar-refractivity contribution < 1.29 is 9.90 Å². The van der Waals surface area contributed by atoms with Crippen molar-refractivity contribution >= 4 is 5.91 Å². The first-order valence-corrected chi connectivity index (χ1v) is 8.95. The molecule has 4 nitrogen and oxygen atoms in total. The predicted molar refractivity (Wildman–Crippen MR) is 93.7 cm³/mol. The van der Waals surface area contributed by atoms with E-state index in [4.69, 9.17) is 5.11 Å². The highest BCUT2D eigenvalue weighted by atomic mass is 16.2. The van der Waals surface area contributed by atoms with Gasteiger partial charge in [-0.05, 0) is 45.2 Å².